The van der Waals surface area contributed by atoms with Gasteiger partial charge in [-0.15, -0.1) is 0 Å². The van der Waals surface area contributed by atoms with Crippen molar-refractivity contribution < 1.29 is 28.5 Å². The third-order valence-corrected chi connectivity index (χ3v) is 8.04. The molecule has 0 amide bonds. The molecular formula is C27H35N6O6P. The number of anilines is 1. The van der Waals surface area contributed by atoms with E-state index in [0.717, 1.165) is 6.42 Å². The van der Waals surface area contributed by atoms with E-state index in [9.17, 15) is 14.5 Å². The van der Waals surface area contributed by atoms with E-state index < -0.39 is 25.6 Å². The van der Waals surface area contributed by atoms with E-state index in [4.69, 9.17) is 19.7 Å². The van der Waals surface area contributed by atoms with Gasteiger partial charge in [0.25, 0.3) is 0 Å². The van der Waals surface area contributed by atoms with Crippen molar-refractivity contribution in [1.82, 2.24) is 24.6 Å². The summed E-state index contributed by atoms with van der Waals surface area (Å²) >= 11 is 0. The molecule has 0 saturated heterocycles. The van der Waals surface area contributed by atoms with Gasteiger partial charge >= 0.3 is 13.5 Å². The standard InChI is InChI=1S/C27H35N6O6P/c1-5-8-17(2)38-27(35)19(4)32-40(36,39-23-12-11-22(34)20-9-6-7-10-21(20)23)16-37-18(3)13-33-15-31-24-25(28)29-14-30-26(24)33/h6-7,9-12,14-15,17-19,34H,5,8,13,16H2,1-4H3,(H,32,36)(H2,28,29,30)/t17-,18+,19-,40?/m0/s1. The first-order valence-electron chi connectivity index (χ1n) is 13.1. The second kappa shape index (κ2) is 12.6. The molecule has 0 saturated carbocycles. The molecule has 0 aliphatic heterocycles. The highest BCUT2D eigenvalue weighted by molar-refractivity contribution is 7.57. The molecule has 13 heteroatoms. The molecule has 40 heavy (non-hydrogen) atoms. The number of carbonyl (C=O) groups excluding carboxylic acids is 1. The number of phenols is 1. The Morgan fingerprint density at radius 3 is 2.60 bits per heavy atom. The minimum atomic E-state index is -3.85. The van der Waals surface area contributed by atoms with Gasteiger partial charge in [0.15, 0.2) is 11.5 Å². The summed E-state index contributed by atoms with van der Waals surface area (Å²) in [4.78, 5) is 25.2. The lowest BCUT2D eigenvalue weighted by Crippen LogP contribution is -2.37. The molecule has 2 heterocycles. The number of benzene rings is 2. The number of rotatable bonds is 13. The normalized spacial score (nSPS) is 15.4. The van der Waals surface area contributed by atoms with Crippen LogP contribution in [-0.4, -0.2) is 55.2 Å². The lowest BCUT2D eigenvalue weighted by Gasteiger charge is -2.26. The van der Waals surface area contributed by atoms with Crippen LogP contribution in [0.5, 0.6) is 11.5 Å². The van der Waals surface area contributed by atoms with Crippen molar-refractivity contribution in [2.75, 3.05) is 12.1 Å². The van der Waals surface area contributed by atoms with Crippen molar-refractivity contribution in [3.8, 4) is 11.5 Å². The van der Waals surface area contributed by atoms with Crippen molar-refractivity contribution in [3.05, 3.63) is 49.1 Å². The molecule has 0 aliphatic rings. The van der Waals surface area contributed by atoms with Gasteiger partial charge in [0.05, 0.1) is 25.1 Å². The van der Waals surface area contributed by atoms with Crippen LogP contribution in [-0.2, 0) is 25.4 Å². The predicted octanol–water partition coefficient (Wildman–Crippen LogP) is 4.61. The maximum Gasteiger partial charge on any atom is 0.342 e. The quantitative estimate of drug-likeness (QED) is 0.152. The number of aromatic hydroxyl groups is 1. The molecule has 214 valence electrons. The number of nitrogens with one attached hydrogen (secondary N) is 1. The van der Waals surface area contributed by atoms with Crippen LogP contribution in [0.15, 0.2) is 49.1 Å². The molecule has 0 fully saturated rings. The topological polar surface area (TPSA) is 164 Å². The fourth-order valence-electron chi connectivity index (χ4n) is 4.28. The second-order valence-electron chi connectivity index (χ2n) is 9.71. The number of nitrogen functional groups attached to an aromatic ring is 1. The third kappa shape index (κ3) is 6.88. The van der Waals surface area contributed by atoms with Crippen molar-refractivity contribution in [2.45, 2.75) is 65.3 Å². The molecule has 1 unspecified atom stereocenters. The molecule has 0 aliphatic carbocycles. The first-order valence-corrected chi connectivity index (χ1v) is 14.9. The Kier molecular flexibility index (Phi) is 9.24. The predicted molar refractivity (Wildman–Crippen MR) is 152 cm³/mol. The zero-order valence-corrected chi connectivity index (χ0v) is 23.9. The van der Waals surface area contributed by atoms with Crippen molar-refractivity contribution in [3.63, 3.8) is 0 Å². The number of carbonyl (C=O) groups is 1. The fraction of sp³-hybridized carbons (Fsp3) is 0.407. The Morgan fingerprint density at radius 2 is 1.85 bits per heavy atom. The number of ether oxygens (including phenoxy) is 2. The summed E-state index contributed by atoms with van der Waals surface area (Å²) in [5.41, 5.74) is 6.91. The number of hydrogen-bond donors (Lipinski definition) is 3. The van der Waals surface area contributed by atoms with Crippen molar-refractivity contribution >= 4 is 41.2 Å². The second-order valence-corrected chi connectivity index (χ2v) is 11.8. The van der Waals surface area contributed by atoms with Gasteiger partial charge in [0.1, 0.15) is 35.7 Å². The lowest BCUT2D eigenvalue weighted by atomic mass is 10.1. The maximum absolute atomic E-state index is 14.2. The number of phenolic OH excluding ortho intramolecular Hbond substituents is 1. The van der Waals surface area contributed by atoms with E-state index in [-0.39, 0.29) is 29.8 Å². The summed E-state index contributed by atoms with van der Waals surface area (Å²) < 4.78 is 33.5. The van der Waals surface area contributed by atoms with Gasteiger partial charge in [0.2, 0.25) is 0 Å². The summed E-state index contributed by atoms with van der Waals surface area (Å²) in [6.07, 6.45) is 3.45. The van der Waals surface area contributed by atoms with Crippen molar-refractivity contribution in [1.29, 1.82) is 0 Å². The van der Waals surface area contributed by atoms with Crippen LogP contribution < -0.4 is 15.3 Å². The maximum atomic E-state index is 14.2. The van der Waals surface area contributed by atoms with Gasteiger partial charge in [-0.3, -0.25) is 9.36 Å². The van der Waals surface area contributed by atoms with E-state index in [1.54, 1.807) is 49.0 Å². The number of imidazole rings is 1. The van der Waals surface area contributed by atoms with E-state index in [1.165, 1.54) is 18.5 Å². The Labute approximate surface area is 232 Å². The van der Waals surface area contributed by atoms with Crippen LogP contribution in [0.3, 0.4) is 0 Å². The van der Waals surface area contributed by atoms with Crippen LogP contribution in [0.1, 0.15) is 40.5 Å². The van der Waals surface area contributed by atoms with E-state index in [0.29, 0.717) is 34.9 Å². The highest BCUT2D eigenvalue weighted by atomic mass is 31.2. The first kappa shape index (κ1) is 29.3. The zero-order valence-electron chi connectivity index (χ0n) is 23.0. The number of fused-ring (bicyclic) bond motifs is 2. The summed E-state index contributed by atoms with van der Waals surface area (Å²) in [6.45, 7) is 7.53. The van der Waals surface area contributed by atoms with Crippen LogP contribution in [0.2, 0.25) is 0 Å². The molecular weight excluding hydrogens is 535 g/mol. The Bertz CT molecular complexity index is 1530. The largest absolute Gasteiger partial charge is 0.507 e. The summed E-state index contributed by atoms with van der Waals surface area (Å²) in [7, 11) is -3.85. The molecule has 0 bridgehead atoms. The molecule has 0 spiro atoms. The monoisotopic (exact) mass is 570 g/mol. The number of hydrogen-bond acceptors (Lipinski definition) is 10. The van der Waals surface area contributed by atoms with Crippen LogP contribution >= 0.6 is 7.52 Å². The SMILES string of the molecule is CCC[C@H](C)OC(=O)[C@H](C)NP(=O)(CO[C@H](C)Cn1cnc2c(N)ncnc21)Oc1ccc(O)c2ccccc12. The first-order chi connectivity index (χ1) is 19.1. The lowest BCUT2D eigenvalue weighted by molar-refractivity contribution is -0.150. The molecule has 2 aromatic heterocycles. The Hall–Kier alpha value is -3.73. The van der Waals surface area contributed by atoms with Crippen LogP contribution in [0.4, 0.5) is 5.82 Å². The molecule has 0 radical (unpaired) electrons. The van der Waals surface area contributed by atoms with Crippen molar-refractivity contribution in [2.24, 2.45) is 0 Å². The highest BCUT2D eigenvalue weighted by Gasteiger charge is 2.33. The third-order valence-electron chi connectivity index (χ3n) is 6.28. The van der Waals surface area contributed by atoms with Gasteiger partial charge in [-0.2, -0.15) is 0 Å². The smallest absolute Gasteiger partial charge is 0.342 e. The van der Waals surface area contributed by atoms with E-state index in [2.05, 4.69) is 20.0 Å². The molecule has 2 aromatic carbocycles. The van der Waals surface area contributed by atoms with Crippen LogP contribution in [0, 0.1) is 0 Å². The van der Waals surface area contributed by atoms with E-state index >= 15 is 0 Å². The summed E-state index contributed by atoms with van der Waals surface area (Å²) in [5.74, 6) is 0.0629. The van der Waals surface area contributed by atoms with Gasteiger partial charge in [-0.05, 0) is 39.3 Å². The summed E-state index contributed by atoms with van der Waals surface area (Å²) in [6, 6.07) is 9.10. The number of esters is 1. The summed E-state index contributed by atoms with van der Waals surface area (Å²) in [5, 5.41) is 14.2. The average molecular weight is 571 g/mol. The molecule has 4 aromatic rings. The van der Waals surface area contributed by atoms with E-state index in [1.807, 2.05) is 13.8 Å². The number of nitrogens with zero attached hydrogens (tertiary/aromatic N) is 4. The van der Waals surface area contributed by atoms with Gasteiger partial charge < -0.3 is 29.4 Å². The molecule has 4 rings (SSSR count). The average Bonchev–Trinajstić information content (AvgIpc) is 3.33. The van der Waals surface area contributed by atoms with Gasteiger partial charge in [0, 0.05) is 10.8 Å². The molecule has 12 nitrogen and oxygen atoms in total. The Balaban J connectivity index is 1.54. The van der Waals surface area contributed by atoms with Crippen LogP contribution in [0.25, 0.3) is 21.9 Å². The highest BCUT2D eigenvalue weighted by Crippen LogP contribution is 2.47. The number of aromatic nitrogens is 4. The fourth-order valence-corrected chi connectivity index (χ4v) is 6.09. The molecule has 4 N–H and O–H groups in total. The zero-order chi connectivity index (χ0) is 28.9. The van der Waals surface area contributed by atoms with Gasteiger partial charge in [-0.25, -0.2) is 20.0 Å². The minimum Gasteiger partial charge on any atom is -0.507 e. The molecule has 4 atom stereocenters. The number of nitrogens with two attached hydrogens (primary N) is 1. The van der Waals surface area contributed by atoms with Gasteiger partial charge in [-0.1, -0.05) is 37.6 Å². The minimum absolute atomic E-state index is 0.0643. The Morgan fingerprint density at radius 1 is 1.10 bits per heavy atom.